The number of rotatable bonds is 3. The third kappa shape index (κ3) is 2.93. The maximum Gasteiger partial charge on any atom is 0.244 e. The topological polar surface area (TPSA) is 70.4 Å². The normalized spacial score (nSPS) is 23.7. The molecule has 21 heavy (non-hydrogen) atoms. The summed E-state index contributed by atoms with van der Waals surface area (Å²) >= 11 is 0. The number of ether oxygens (including phenoxy) is 1. The van der Waals surface area contributed by atoms with Crippen LogP contribution in [0.1, 0.15) is 25.8 Å². The highest BCUT2D eigenvalue weighted by Gasteiger charge is 2.37. The summed E-state index contributed by atoms with van der Waals surface area (Å²) in [5.41, 5.74) is -0.438. The fourth-order valence-electron chi connectivity index (χ4n) is 2.38. The van der Waals surface area contributed by atoms with Gasteiger partial charge in [-0.1, -0.05) is 13.0 Å². The van der Waals surface area contributed by atoms with Gasteiger partial charge in [0.1, 0.15) is 22.3 Å². The van der Waals surface area contributed by atoms with Gasteiger partial charge in [0.05, 0.1) is 12.7 Å². The third-order valence-electron chi connectivity index (χ3n) is 3.56. The third-order valence-corrected chi connectivity index (χ3v) is 5.52. The van der Waals surface area contributed by atoms with E-state index in [9.17, 15) is 12.8 Å². The summed E-state index contributed by atoms with van der Waals surface area (Å²) in [4.78, 5) is -0.280. The predicted octanol–water partition coefficient (Wildman–Crippen LogP) is 1.89. The van der Waals surface area contributed by atoms with Crippen LogP contribution in [0.5, 0.6) is 0 Å². The fourth-order valence-corrected chi connectivity index (χ4v) is 4.30. The molecule has 7 heteroatoms. The van der Waals surface area contributed by atoms with Crippen molar-refractivity contribution in [1.29, 1.82) is 5.26 Å². The molecule has 1 aromatic rings. The molecule has 1 aliphatic rings. The molecule has 1 aromatic carbocycles. The molecule has 114 valence electrons. The van der Waals surface area contributed by atoms with Crippen molar-refractivity contribution in [1.82, 2.24) is 4.31 Å². The Morgan fingerprint density at radius 1 is 1.52 bits per heavy atom. The largest absolute Gasteiger partial charge is 0.375 e. The summed E-state index contributed by atoms with van der Waals surface area (Å²) in [6, 6.07) is 4.98. The van der Waals surface area contributed by atoms with Crippen LogP contribution < -0.4 is 0 Å². The molecule has 0 spiro atoms. The molecule has 2 atom stereocenters. The van der Waals surface area contributed by atoms with Gasteiger partial charge in [-0.2, -0.15) is 9.57 Å². The van der Waals surface area contributed by atoms with E-state index in [-0.39, 0.29) is 23.6 Å². The second kappa shape index (κ2) is 6.10. The van der Waals surface area contributed by atoms with Crippen molar-refractivity contribution in [3.8, 4) is 6.07 Å². The second-order valence-electron chi connectivity index (χ2n) is 5.01. The number of nitriles is 1. The van der Waals surface area contributed by atoms with Crippen molar-refractivity contribution in [3.05, 3.63) is 29.6 Å². The molecule has 0 amide bonds. The molecule has 1 saturated heterocycles. The van der Waals surface area contributed by atoms with Crippen molar-refractivity contribution < 1.29 is 17.5 Å². The van der Waals surface area contributed by atoms with Gasteiger partial charge in [0, 0.05) is 12.6 Å². The Bertz CT molecular complexity index is 669. The second-order valence-corrected chi connectivity index (χ2v) is 6.86. The lowest BCUT2D eigenvalue weighted by atomic mass is 10.2. The predicted molar refractivity (Wildman–Crippen MR) is 74.5 cm³/mol. The van der Waals surface area contributed by atoms with Gasteiger partial charge in [0.25, 0.3) is 0 Å². The molecule has 2 rings (SSSR count). The van der Waals surface area contributed by atoms with Gasteiger partial charge in [0.2, 0.25) is 10.0 Å². The van der Waals surface area contributed by atoms with Crippen LogP contribution in [0.25, 0.3) is 0 Å². The number of benzene rings is 1. The maximum absolute atomic E-state index is 13.7. The Kier molecular flexibility index (Phi) is 4.61. The van der Waals surface area contributed by atoms with E-state index >= 15 is 0 Å². The van der Waals surface area contributed by atoms with E-state index < -0.39 is 21.4 Å². The summed E-state index contributed by atoms with van der Waals surface area (Å²) in [5, 5.41) is 9.04. The van der Waals surface area contributed by atoms with Gasteiger partial charge < -0.3 is 4.74 Å². The quantitative estimate of drug-likeness (QED) is 0.854. The molecule has 1 fully saturated rings. The van der Waals surface area contributed by atoms with Crippen molar-refractivity contribution in [3.63, 3.8) is 0 Å². The number of halogens is 1. The van der Waals surface area contributed by atoms with Gasteiger partial charge in [-0.05, 0) is 25.5 Å². The highest BCUT2D eigenvalue weighted by atomic mass is 32.2. The average molecular weight is 312 g/mol. The van der Waals surface area contributed by atoms with E-state index in [0.717, 1.165) is 6.07 Å². The van der Waals surface area contributed by atoms with E-state index in [4.69, 9.17) is 10.00 Å². The Balaban J connectivity index is 2.51. The first kappa shape index (κ1) is 15.9. The van der Waals surface area contributed by atoms with Gasteiger partial charge in [-0.25, -0.2) is 12.8 Å². The van der Waals surface area contributed by atoms with Gasteiger partial charge in [-0.15, -0.1) is 0 Å². The lowest BCUT2D eigenvalue weighted by Gasteiger charge is -2.37. The summed E-state index contributed by atoms with van der Waals surface area (Å²) in [6.45, 7) is 4.14. The molecule has 0 bridgehead atoms. The zero-order valence-corrected chi connectivity index (χ0v) is 12.7. The number of nitrogens with zero attached hydrogens (tertiary/aromatic N) is 2. The van der Waals surface area contributed by atoms with Crippen LogP contribution in [0.4, 0.5) is 4.39 Å². The first-order valence-electron chi connectivity index (χ1n) is 6.73. The smallest absolute Gasteiger partial charge is 0.244 e. The van der Waals surface area contributed by atoms with E-state index in [1.807, 2.05) is 6.92 Å². The molecule has 1 heterocycles. The fraction of sp³-hybridized carbons (Fsp3) is 0.500. The molecule has 0 aliphatic carbocycles. The highest BCUT2D eigenvalue weighted by Crippen LogP contribution is 2.27. The first-order chi connectivity index (χ1) is 9.91. The van der Waals surface area contributed by atoms with Gasteiger partial charge >= 0.3 is 0 Å². The molecule has 5 nitrogen and oxygen atoms in total. The van der Waals surface area contributed by atoms with Crippen molar-refractivity contribution >= 4 is 10.0 Å². The van der Waals surface area contributed by atoms with Crippen LogP contribution in [0.15, 0.2) is 23.1 Å². The van der Waals surface area contributed by atoms with Crippen molar-refractivity contribution in [2.75, 3.05) is 13.2 Å². The maximum atomic E-state index is 13.7. The van der Waals surface area contributed by atoms with E-state index in [1.165, 1.54) is 16.4 Å². The summed E-state index contributed by atoms with van der Waals surface area (Å²) in [5.74, 6) is -0.826. The number of hydrogen-bond acceptors (Lipinski definition) is 4. The molecule has 0 saturated carbocycles. The van der Waals surface area contributed by atoms with Crippen LogP contribution in [-0.4, -0.2) is 38.0 Å². The zero-order chi connectivity index (χ0) is 15.6. The van der Waals surface area contributed by atoms with Gasteiger partial charge in [-0.3, -0.25) is 0 Å². The molecule has 2 unspecified atom stereocenters. The monoisotopic (exact) mass is 312 g/mol. The average Bonchev–Trinajstić information content (AvgIpc) is 2.46. The van der Waals surface area contributed by atoms with E-state index in [1.54, 1.807) is 13.0 Å². The summed E-state index contributed by atoms with van der Waals surface area (Å²) in [7, 11) is -3.93. The minimum atomic E-state index is -3.93. The molecule has 0 N–H and O–H groups in total. The standard InChI is InChI=1S/C14H17FN2O3S/c1-3-11-9-20-10(2)8-17(11)21(18,19)14-6-4-5-13(15)12(14)7-16/h4-6,10-11H,3,8-9H2,1-2H3. The Hall–Kier alpha value is -1.49. The Morgan fingerprint density at radius 2 is 2.24 bits per heavy atom. The molecular weight excluding hydrogens is 295 g/mol. The van der Waals surface area contributed by atoms with Crippen molar-refractivity contribution in [2.24, 2.45) is 0 Å². The Morgan fingerprint density at radius 3 is 2.86 bits per heavy atom. The van der Waals surface area contributed by atoms with Gasteiger partial charge in [0.15, 0.2) is 0 Å². The number of hydrogen-bond donors (Lipinski definition) is 0. The number of morpholine rings is 1. The van der Waals surface area contributed by atoms with Crippen LogP contribution in [-0.2, 0) is 14.8 Å². The minimum Gasteiger partial charge on any atom is -0.375 e. The van der Waals surface area contributed by atoms with Crippen LogP contribution >= 0.6 is 0 Å². The van der Waals surface area contributed by atoms with E-state index in [2.05, 4.69) is 0 Å². The minimum absolute atomic E-state index is 0.197. The highest BCUT2D eigenvalue weighted by molar-refractivity contribution is 7.89. The van der Waals surface area contributed by atoms with Crippen LogP contribution in [0.2, 0.25) is 0 Å². The lowest BCUT2D eigenvalue weighted by Crippen LogP contribution is -2.51. The SMILES string of the molecule is CCC1COC(C)CN1S(=O)(=O)c1cccc(F)c1C#N. The summed E-state index contributed by atoms with van der Waals surface area (Å²) < 4.78 is 46.0. The zero-order valence-electron chi connectivity index (χ0n) is 11.9. The number of sulfonamides is 1. The lowest BCUT2D eigenvalue weighted by molar-refractivity contribution is -0.0230. The van der Waals surface area contributed by atoms with Crippen LogP contribution in [0, 0.1) is 17.1 Å². The van der Waals surface area contributed by atoms with E-state index in [0.29, 0.717) is 13.0 Å². The summed E-state index contributed by atoms with van der Waals surface area (Å²) in [6.07, 6.45) is 0.352. The molecule has 0 radical (unpaired) electrons. The van der Waals surface area contributed by atoms with Crippen LogP contribution in [0.3, 0.4) is 0 Å². The molecule has 0 aromatic heterocycles. The molecular formula is C14H17FN2O3S. The molecule has 1 aliphatic heterocycles. The van der Waals surface area contributed by atoms with Crippen molar-refractivity contribution in [2.45, 2.75) is 37.3 Å². The Labute approximate surface area is 124 Å². The first-order valence-corrected chi connectivity index (χ1v) is 8.17.